The number of carbonyl (C=O) groups is 2. The Balaban J connectivity index is 1.97. The molecule has 2 rings (SSSR count). The molecule has 2 heterocycles. The second-order valence-corrected chi connectivity index (χ2v) is 4.84. The van der Waals surface area contributed by atoms with Crippen molar-refractivity contribution in [3.63, 3.8) is 0 Å². The van der Waals surface area contributed by atoms with Gasteiger partial charge in [-0.1, -0.05) is 0 Å². The van der Waals surface area contributed by atoms with E-state index in [0.29, 0.717) is 16.3 Å². The van der Waals surface area contributed by atoms with E-state index in [9.17, 15) is 9.59 Å². The van der Waals surface area contributed by atoms with Crippen LogP contribution in [-0.4, -0.2) is 16.7 Å². The molecule has 0 spiro atoms. The number of pyridine rings is 1. The van der Waals surface area contributed by atoms with E-state index in [2.05, 4.69) is 10.3 Å². The van der Waals surface area contributed by atoms with Gasteiger partial charge >= 0.3 is 0 Å². The highest BCUT2D eigenvalue weighted by molar-refractivity contribution is 7.15. The van der Waals surface area contributed by atoms with Crippen LogP contribution >= 0.6 is 11.3 Å². The van der Waals surface area contributed by atoms with Crippen LogP contribution in [0.1, 0.15) is 31.8 Å². The fourth-order valence-corrected chi connectivity index (χ4v) is 2.24. The molecule has 1 N–H and O–H groups in total. The zero-order valence-corrected chi connectivity index (χ0v) is 10.7. The van der Waals surface area contributed by atoms with E-state index >= 15 is 0 Å². The van der Waals surface area contributed by atoms with Gasteiger partial charge in [0.05, 0.1) is 9.75 Å². The standard InChI is InChI=1S/C13H12N2O2S/c1-9(16)11-2-3-12(18-11)13(17)15-8-10-4-6-14-7-5-10/h2-7H,8H2,1H3,(H,15,17). The first-order chi connectivity index (χ1) is 8.66. The van der Waals surface area contributed by atoms with E-state index in [1.165, 1.54) is 18.3 Å². The first kappa shape index (κ1) is 12.4. The minimum atomic E-state index is -0.163. The van der Waals surface area contributed by atoms with Gasteiger partial charge in [-0.25, -0.2) is 0 Å². The average molecular weight is 260 g/mol. The number of aromatic nitrogens is 1. The van der Waals surface area contributed by atoms with E-state index in [0.717, 1.165) is 5.56 Å². The Labute approximate surface area is 109 Å². The molecule has 0 aliphatic rings. The van der Waals surface area contributed by atoms with Gasteiger partial charge in [-0.15, -0.1) is 11.3 Å². The van der Waals surface area contributed by atoms with Crippen LogP contribution in [0.2, 0.25) is 0 Å². The predicted molar refractivity (Wildman–Crippen MR) is 69.7 cm³/mol. The smallest absolute Gasteiger partial charge is 0.261 e. The number of hydrogen-bond donors (Lipinski definition) is 1. The molecule has 0 bridgehead atoms. The van der Waals surface area contributed by atoms with E-state index in [-0.39, 0.29) is 11.7 Å². The topological polar surface area (TPSA) is 59.1 Å². The van der Waals surface area contributed by atoms with Crippen molar-refractivity contribution in [2.24, 2.45) is 0 Å². The maximum absolute atomic E-state index is 11.8. The Morgan fingerprint density at radius 2 is 1.83 bits per heavy atom. The summed E-state index contributed by atoms with van der Waals surface area (Å²) in [6.07, 6.45) is 3.36. The van der Waals surface area contributed by atoms with Gasteiger partial charge in [0.25, 0.3) is 5.91 Å². The molecule has 0 saturated carbocycles. The number of thiophene rings is 1. The number of carbonyl (C=O) groups excluding carboxylic acids is 2. The molecule has 0 fully saturated rings. The second-order valence-electron chi connectivity index (χ2n) is 3.76. The van der Waals surface area contributed by atoms with E-state index < -0.39 is 0 Å². The molecule has 0 atom stereocenters. The van der Waals surface area contributed by atoms with Crippen molar-refractivity contribution >= 4 is 23.0 Å². The van der Waals surface area contributed by atoms with Gasteiger partial charge in [0, 0.05) is 18.9 Å². The van der Waals surface area contributed by atoms with Crippen molar-refractivity contribution in [1.82, 2.24) is 10.3 Å². The Hall–Kier alpha value is -2.01. The van der Waals surface area contributed by atoms with Crippen LogP contribution in [0.4, 0.5) is 0 Å². The molecule has 0 aliphatic carbocycles. The van der Waals surface area contributed by atoms with Crippen molar-refractivity contribution in [3.8, 4) is 0 Å². The van der Waals surface area contributed by atoms with Crippen LogP contribution in [0, 0.1) is 0 Å². The van der Waals surface area contributed by atoms with Crippen LogP contribution < -0.4 is 5.32 Å². The van der Waals surface area contributed by atoms with Crippen LogP contribution in [0.3, 0.4) is 0 Å². The first-order valence-corrected chi connectivity index (χ1v) is 6.26. The van der Waals surface area contributed by atoms with Crippen LogP contribution in [0.15, 0.2) is 36.7 Å². The van der Waals surface area contributed by atoms with Gasteiger partial charge in [0.15, 0.2) is 5.78 Å². The lowest BCUT2D eigenvalue weighted by Crippen LogP contribution is -2.21. The summed E-state index contributed by atoms with van der Waals surface area (Å²) in [6, 6.07) is 7.03. The Kier molecular flexibility index (Phi) is 3.84. The molecule has 1 amide bonds. The summed E-state index contributed by atoms with van der Waals surface area (Å²) in [4.78, 5) is 28.0. The van der Waals surface area contributed by atoms with Gasteiger partial charge in [-0.3, -0.25) is 14.6 Å². The zero-order valence-electron chi connectivity index (χ0n) is 9.84. The number of Topliss-reactive ketones (excluding diaryl/α,β-unsaturated/α-hetero) is 1. The monoisotopic (exact) mass is 260 g/mol. The lowest BCUT2D eigenvalue weighted by molar-refractivity contribution is 0.0954. The van der Waals surface area contributed by atoms with Gasteiger partial charge in [0.2, 0.25) is 0 Å². The summed E-state index contributed by atoms with van der Waals surface area (Å²) in [6.45, 7) is 1.94. The molecule has 0 radical (unpaired) electrons. The maximum atomic E-state index is 11.8. The highest BCUT2D eigenvalue weighted by atomic mass is 32.1. The number of nitrogens with zero attached hydrogens (tertiary/aromatic N) is 1. The van der Waals surface area contributed by atoms with Crippen LogP contribution in [0.5, 0.6) is 0 Å². The van der Waals surface area contributed by atoms with Crippen molar-refractivity contribution < 1.29 is 9.59 Å². The molecule has 0 aromatic carbocycles. The van der Waals surface area contributed by atoms with E-state index in [1.807, 2.05) is 12.1 Å². The summed E-state index contributed by atoms with van der Waals surface area (Å²) < 4.78 is 0. The fraction of sp³-hybridized carbons (Fsp3) is 0.154. The van der Waals surface area contributed by atoms with Gasteiger partial charge in [0.1, 0.15) is 0 Å². The summed E-state index contributed by atoms with van der Waals surface area (Å²) >= 11 is 1.21. The van der Waals surface area contributed by atoms with Crippen molar-refractivity contribution in [3.05, 3.63) is 52.0 Å². The molecule has 4 nitrogen and oxygen atoms in total. The highest BCUT2D eigenvalue weighted by Gasteiger charge is 2.10. The Bertz CT molecular complexity index is 563. The first-order valence-electron chi connectivity index (χ1n) is 5.44. The molecule has 0 saturated heterocycles. The lowest BCUT2D eigenvalue weighted by atomic mass is 10.2. The van der Waals surface area contributed by atoms with Gasteiger partial charge in [-0.2, -0.15) is 0 Å². The molecule has 0 aliphatic heterocycles. The minimum Gasteiger partial charge on any atom is -0.347 e. The van der Waals surface area contributed by atoms with Crippen molar-refractivity contribution in [2.75, 3.05) is 0 Å². The number of nitrogens with one attached hydrogen (secondary N) is 1. The Morgan fingerprint density at radius 3 is 2.44 bits per heavy atom. The second kappa shape index (κ2) is 5.55. The zero-order chi connectivity index (χ0) is 13.0. The quantitative estimate of drug-likeness (QED) is 0.858. The molecule has 92 valence electrons. The number of ketones is 1. The average Bonchev–Trinajstić information content (AvgIpc) is 2.87. The number of rotatable bonds is 4. The van der Waals surface area contributed by atoms with Gasteiger partial charge in [-0.05, 0) is 36.8 Å². The fourth-order valence-electron chi connectivity index (χ4n) is 1.42. The lowest BCUT2D eigenvalue weighted by Gasteiger charge is -2.02. The van der Waals surface area contributed by atoms with E-state index in [4.69, 9.17) is 0 Å². The van der Waals surface area contributed by atoms with Crippen LogP contribution in [-0.2, 0) is 6.54 Å². The van der Waals surface area contributed by atoms with Gasteiger partial charge < -0.3 is 5.32 Å². The van der Waals surface area contributed by atoms with E-state index in [1.54, 1.807) is 24.5 Å². The normalized spacial score (nSPS) is 10.1. The predicted octanol–water partition coefficient (Wildman–Crippen LogP) is 2.28. The molecule has 5 heteroatoms. The minimum absolute atomic E-state index is 0.0202. The Morgan fingerprint density at radius 1 is 1.17 bits per heavy atom. The third-order valence-corrected chi connectivity index (χ3v) is 3.56. The maximum Gasteiger partial charge on any atom is 0.261 e. The summed E-state index contributed by atoms with van der Waals surface area (Å²) in [5.74, 6) is -0.183. The summed E-state index contributed by atoms with van der Waals surface area (Å²) in [5, 5.41) is 2.80. The number of hydrogen-bond acceptors (Lipinski definition) is 4. The summed E-state index contributed by atoms with van der Waals surface area (Å²) in [5.41, 5.74) is 0.988. The van der Waals surface area contributed by atoms with Crippen molar-refractivity contribution in [2.45, 2.75) is 13.5 Å². The number of amides is 1. The molecular weight excluding hydrogens is 248 g/mol. The third kappa shape index (κ3) is 3.01. The molecule has 2 aromatic heterocycles. The molecule has 18 heavy (non-hydrogen) atoms. The van der Waals surface area contributed by atoms with Crippen molar-refractivity contribution in [1.29, 1.82) is 0 Å². The molecular formula is C13H12N2O2S. The molecule has 0 unspecified atom stereocenters. The SMILES string of the molecule is CC(=O)c1ccc(C(=O)NCc2ccncc2)s1. The summed E-state index contributed by atoms with van der Waals surface area (Å²) in [7, 11) is 0. The van der Waals surface area contributed by atoms with Crippen LogP contribution in [0.25, 0.3) is 0 Å². The third-order valence-electron chi connectivity index (χ3n) is 2.38. The largest absolute Gasteiger partial charge is 0.347 e. The molecule has 2 aromatic rings. The highest BCUT2D eigenvalue weighted by Crippen LogP contribution is 2.16.